The van der Waals surface area contributed by atoms with Gasteiger partial charge in [-0.2, -0.15) is 0 Å². The number of nitrogen functional groups attached to an aromatic ring is 1. The van der Waals surface area contributed by atoms with E-state index in [0.717, 1.165) is 22.4 Å². The van der Waals surface area contributed by atoms with E-state index >= 15 is 0 Å². The summed E-state index contributed by atoms with van der Waals surface area (Å²) in [6, 6.07) is 15.4. The lowest BCUT2D eigenvalue weighted by Gasteiger charge is -2.08. The number of nitrogens with zero attached hydrogens (tertiary/aromatic N) is 3. The maximum atomic E-state index is 12.1. The number of ether oxygens (including phenoxy) is 1. The van der Waals surface area contributed by atoms with E-state index in [0.29, 0.717) is 24.1 Å². The fourth-order valence-corrected chi connectivity index (χ4v) is 3.31. The minimum Gasteiger partial charge on any atom is -0.494 e. The monoisotopic (exact) mass is 397 g/mol. The molecule has 146 valence electrons. The van der Waals surface area contributed by atoms with Crippen LogP contribution in [-0.2, 0) is 11.3 Å². The molecule has 0 aliphatic heterocycles. The van der Waals surface area contributed by atoms with Gasteiger partial charge in [0.2, 0.25) is 11.1 Å². The van der Waals surface area contributed by atoms with Crippen LogP contribution in [0.5, 0.6) is 5.75 Å². The molecule has 0 aliphatic rings. The average molecular weight is 398 g/mol. The highest BCUT2D eigenvalue weighted by atomic mass is 32.2. The number of rotatable bonds is 8. The van der Waals surface area contributed by atoms with Gasteiger partial charge in [-0.1, -0.05) is 36.0 Å². The predicted molar refractivity (Wildman–Crippen MR) is 111 cm³/mol. The van der Waals surface area contributed by atoms with Crippen LogP contribution < -0.4 is 15.9 Å². The van der Waals surface area contributed by atoms with Gasteiger partial charge < -0.3 is 15.9 Å². The maximum absolute atomic E-state index is 12.1. The van der Waals surface area contributed by atoms with Crippen LogP contribution in [0.15, 0.2) is 53.7 Å². The fourth-order valence-electron chi connectivity index (χ4n) is 2.62. The summed E-state index contributed by atoms with van der Waals surface area (Å²) in [6.45, 7) is 5.07. The molecule has 3 aromatic rings. The van der Waals surface area contributed by atoms with Crippen LogP contribution in [0.2, 0.25) is 0 Å². The highest BCUT2D eigenvalue weighted by molar-refractivity contribution is 7.99. The molecule has 2 aromatic carbocycles. The summed E-state index contributed by atoms with van der Waals surface area (Å²) in [5, 5.41) is 11.6. The lowest BCUT2D eigenvalue weighted by atomic mass is 10.1. The van der Waals surface area contributed by atoms with Crippen LogP contribution in [0.3, 0.4) is 0 Å². The molecular formula is C20H23N5O2S. The van der Waals surface area contributed by atoms with Crippen molar-refractivity contribution in [2.45, 2.75) is 25.5 Å². The number of aromatic nitrogens is 3. The van der Waals surface area contributed by atoms with Gasteiger partial charge in [0.25, 0.3) is 0 Å². The number of nitrogens with one attached hydrogen (secondary N) is 1. The van der Waals surface area contributed by atoms with Crippen molar-refractivity contribution in [3.05, 3.63) is 59.7 Å². The predicted octanol–water partition coefficient (Wildman–Crippen LogP) is 2.77. The summed E-state index contributed by atoms with van der Waals surface area (Å²) >= 11 is 1.25. The second-order valence-electron chi connectivity index (χ2n) is 6.13. The molecule has 0 saturated heterocycles. The third-order valence-corrected chi connectivity index (χ3v) is 5.10. The summed E-state index contributed by atoms with van der Waals surface area (Å²) in [6.07, 6.45) is 0. The molecule has 0 atom stereocenters. The molecular weight excluding hydrogens is 374 g/mol. The van der Waals surface area contributed by atoms with E-state index < -0.39 is 0 Å². The third-order valence-electron chi connectivity index (χ3n) is 4.16. The van der Waals surface area contributed by atoms with Gasteiger partial charge in [0.1, 0.15) is 5.75 Å². The van der Waals surface area contributed by atoms with Crippen molar-refractivity contribution in [1.82, 2.24) is 20.2 Å². The van der Waals surface area contributed by atoms with E-state index in [1.54, 1.807) is 0 Å². The van der Waals surface area contributed by atoms with Gasteiger partial charge in [-0.05, 0) is 49.2 Å². The van der Waals surface area contributed by atoms with Crippen molar-refractivity contribution in [2.24, 2.45) is 0 Å². The number of nitrogens with two attached hydrogens (primary N) is 1. The number of hydrogen-bond donors (Lipinski definition) is 2. The maximum Gasteiger partial charge on any atom is 0.230 e. The van der Waals surface area contributed by atoms with Gasteiger partial charge in [0, 0.05) is 12.1 Å². The van der Waals surface area contributed by atoms with Crippen molar-refractivity contribution in [3.8, 4) is 17.1 Å². The smallest absolute Gasteiger partial charge is 0.230 e. The highest BCUT2D eigenvalue weighted by Crippen LogP contribution is 2.23. The van der Waals surface area contributed by atoms with Crippen LogP contribution in [0.4, 0.5) is 0 Å². The number of carbonyl (C=O) groups is 1. The van der Waals surface area contributed by atoms with Crippen molar-refractivity contribution < 1.29 is 9.53 Å². The Balaban J connectivity index is 1.56. The topological polar surface area (TPSA) is 95.1 Å². The van der Waals surface area contributed by atoms with Crippen LogP contribution in [0, 0.1) is 6.92 Å². The normalized spacial score (nSPS) is 10.6. The number of aryl methyl sites for hydroxylation is 1. The van der Waals surface area contributed by atoms with Gasteiger partial charge in [-0.15, -0.1) is 10.2 Å². The zero-order valence-corrected chi connectivity index (χ0v) is 16.7. The Morgan fingerprint density at radius 1 is 1.18 bits per heavy atom. The van der Waals surface area contributed by atoms with E-state index in [9.17, 15) is 4.79 Å². The van der Waals surface area contributed by atoms with Gasteiger partial charge in [-0.25, -0.2) is 4.68 Å². The molecule has 7 nitrogen and oxygen atoms in total. The molecule has 0 bridgehead atoms. The van der Waals surface area contributed by atoms with Crippen molar-refractivity contribution in [1.29, 1.82) is 0 Å². The summed E-state index contributed by atoms with van der Waals surface area (Å²) in [4.78, 5) is 12.1. The summed E-state index contributed by atoms with van der Waals surface area (Å²) in [5.74, 6) is 7.56. The average Bonchev–Trinajstić information content (AvgIpc) is 3.07. The lowest BCUT2D eigenvalue weighted by molar-refractivity contribution is -0.118. The minimum atomic E-state index is -0.0844. The van der Waals surface area contributed by atoms with E-state index in [1.807, 2.05) is 62.4 Å². The first-order valence-electron chi connectivity index (χ1n) is 8.96. The molecule has 0 spiro atoms. The standard InChI is InChI=1S/C20H23N5O2S/c1-3-27-17-10-8-15(9-11-17)19-23-24-20(25(19)21)28-13-18(26)22-12-16-7-5-4-6-14(16)2/h4-11H,3,12-13,21H2,1-2H3,(H,22,26). The van der Waals surface area contributed by atoms with E-state index in [4.69, 9.17) is 10.6 Å². The molecule has 0 radical (unpaired) electrons. The zero-order valence-electron chi connectivity index (χ0n) is 15.9. The van der Waals surface area contributed by atoms with Gasteiger partial charge >= 0.3 is 0 Å². The number of hydrogen-bond acceptors (Lipinski definition) is 6. The van der Waals surface area contributed by atoms with Crippen LogP contribution in [-0.4, -0.2) is 33.1 Å². The molecule has 0 aliphatic carbocycles. The second-order valence-corrected chi connectivity index (χ2v) is 7.07. The quantitative estimate of drug-likeness (QED) is 0.448. The zero-order chi connectivity index (χ0) is 19.9. The summed E-state index contributed by atoms with van der Waals surface area (Å²) in [7, 11) is 0. The first kappa shape index (κ1) is 19.8. The fraction of sp³-hybridized carbons (Fsp3) is 0.250. The Hall–Kier alpha value is -3.00. The molecule has 3 N–H and O–H groups in total. The largest absolute Gasteiger partial charge is 0.494 e. The summed E-state index contributed by atoms with van der Waals surface area (Å²) in [5.41, 5.74) is 3.08. The van der Waals surface area contributed by atoms with Crippen LogP contribution in [0.1, 0.15) is 18.1 Å². The van der Waals surface area contributed by atoms with Gasteiger partial charge in [0.15, 0.2) is 5.82 Å². The molecule has 0 unspecified atom stereocenters. The van der Waals surface area contributed by atoms with E-state index in [2.05, 4.69) is 15.5 Å². The molecule has 1 aromatic heterocycles. The van der Waals surface area contributed by atoms with Gasteiger partial charge in [0.05, 0.1) is 12.4 Å². The molecule has 1 heterocycles. The Morgan fingerprint density at radius 2 is 1.93 bits per heavy atom. The van der Waals surface area contributed by atoms with E-state index in [-0.39, 0.29) is 11.7 Å². The number of thioether (sulfide) groups is 1. The Morgan fingerprint density at radius 3 is 2.64 bits per heavy atom. The molecule has 28 heavy (non-hydrogen) atoms. The Labute approximate surface area is 168 Å². The van der Waals surface area contributed by atoms with Crippen LogP contribution >= 0.6 is 11.8 Å². The molecule has 1 amide bonds. The SMILES string of the molecule is CCOc1ccc(-c2nnc(SCC(=O)NCc3ccccc3C)n2N)cc1. The molecule has 8 heteroatoms. The van der Waals surface area contributed by atoms with Crippen molar-refractivity contribution in [2.75, 3.05) is 18.2 Å². The van der Waals surface area contributed by atoms with E-state index in [1.165, 1.54) is 16.4 Å². The van der Waals surface area contributed by atoms with Crippen LogP contribution in [0.25, 0.3) is 11.4 Å². The summed E-state index contributed by atoms with van der Waals surface area (Å²) < 4.78 is 6.83. The van der Waals surface area contributed by atoms with Crippen molar-refractivity contribution >= 4 is 17.7 Å². The first-order chi connectivity index (χ1) is 13.6. The van der Waals surface area contributed by atoms with Gasteiger partial charge in [-0.3, -0.25) is 4.79 Å². The lowest BCUT2D eigenvalue weighted by Crippen LogP contribution is -2.25. The molecule has 0 saturated carbocycles. The molecule has 3 rings (SSSR count). The van der Waals surface area contributed by atoms with Crippen molar-refractivity contribution in [3.63, 3.8) is 0 Å². The Kier molecular flexibility index (Phi) is 6.54. The number of benzene rings is 2. The third kappa shape index (κ3) is 4.83. The highest BCUT2D eigenvalue weighted by Gasteiger charge is 2.14. The number of carbonyl (C=O) groups excluding carboxylic acids is 1. The first-order valence-corrected chi connectivity index (χ1v) is 9.94. The second kappa shape index (κ2) is 9.27. The minimum absolute atomic E-state index is 0.0844. The Bertz CT molecular complexity index is 940. The molecule has 0 fully saturated rings. The number of amides is 1.